The number of aromatic nitrogens is 2. The van der Waals surface area contributed by atoms with E-state index in [2.05, 4.69) is 5.10 Å². The van der Waals surface area contributed by atoms with Crippen LogP contribution in [0.15, 0.2) is 30.5 Å². The topological polar surface area (TPSA) is 95.7 Å². The Hall–Kier alpha value is -2.90. The molecule has 1 aliphatic rings. The number of phenols is 1. The van der Waals surface area contributed by atoms with E-state index in [1.165, 1.54) is 10.7 Å². The first-order valence-electron chi connectivity index (χ1n) is 7.97. The van der Waals surface area contributed by atoms with E-state index in [-0.39, 0.29) is 23.9 Å². The number of nitrogens with zero attached hydrogens (tertiary/aromatic N) is 3. The molecule has 1 aromatic heterocycles. The lowest BCUT2D eigenvalue weighted by Gasteiger charge is -2.32. The zero-order valence-electron chi connectivity index (χ0n) is 13.4. The van der Waals surface area contributed by atoms with Gasteiger partial charge in [0.2, 0.25) is 0 Å². The molecular formula is C17H18FN3O4. The average molecular weight is 347 g/mol. The van der Waals surface area contributed by atoms with Crippen LogP contribution in [0.2, 0.25) is 0 Å². The number of carbonyl (C=O) groups excluding carboxylic acids is 1. The molecule has 8 heteroatoms. The number of piperidine rings is 1. The van der Waals surface area contributed by atoms with Crippen LogP contribution in [0.25, 0.3) is 0 Å². The van der Waals surface area contributed by atoms with Gasteiger partial charge in [0, 0.05) is 30.8 Å². The fraction of sp³-hybridized carbons (Fsp3) is 0.353. The third-order valence-electron chi connectivity index (χ3n) is 4.28. The third-order valence-corrected chi connectivity index (χ3v) is 4.28. The monoisotopic (exact) mass is 347 g/mol. The minimum absolute atomic E-state index is 0.0155. The molecule has 0 spiro atoms. The summed E-state index contributed by atoms with van der Waals surface area (Å²) in [7, 11) is 0. The SMILES string of the molecule is O=C(O)Cn1ccc(C2CCCN(C(=O)c3ccc(F)c(O)c3)C2)n1. The van der Waals surface area contributed by atoms with Crippen molar-refractivity contribution in [2.24, 2.45) is 0 Å². The minimum Gasteiger partial charge on any atom is -0.505 e. The predicted molar refractivity (Wildman–Crippen MR) is 85.8 cm³/mol. The van der Waals surface area contributed by atoms with Gasteiger partial charge in [-0.1, -0.05) is 0 Å². The summed E-state index contributed by atoms with van der Waals surface area (Å²) in [4.78, 5) is 25.0. The van der Waals surface area contributed by atoms with Crippen molar-refractivity contribution in [3.63, 3.8) is 0 Å². The molecule has 7 nitrogen and oxygen atoms in total. The van der Waals surface area contributed by atoms with Crippen molar-refractivity contribution in [2.45, 2.75) is 25.3 Å². The van der Waals surface area contributed by atoms with Crippen molar-refractivity contribution in [3.05, 3.63) is 47.5 Å². The largest absolute Gasteiger partial charge is 0.505 e. The van der Waals surface area contributed by atoms with Gasteiger partial charge in [-0.15, -0.1) is 0 Å². The first-order chi connectivity index (χ1) is 11.9. The van der Waals surface area contributed by atoms with E-state index in [1.807, 2.05) is 0 Å². The fourth-order valence-corrected chi connectivity index (χ4v) is 3.05. The Kier molecular flexibility index (Phi) is 4.69. The number of halogens is 1. The number of carboxylic acids is 1. The van der Waals surface area contributed by atoms with Crippen LogP contribution >= 0.6 is 0 Å². The number of carboxylic acid groups (broad SMARTS) is 1. The molecule has 1 fully saturated rings. The summed E-state index contributed by atoms with van der Waals surface area (Å²) in [6, 6.07) is 5.31. The third kappa shape index (κ3) is 3.78. The Labute approximate surface area is 143 Å². The molecular weight excluding hydrogens is 329 g/mol. The summed E-state index contributed by atoms with van der Waals surface area (Å²) < 4.78 is 14.5. The van der Waals surface area contributed by atoms with Gasteiger partial charge < -0.3 is 15.1 Å². The molecule has 1 saturated heterocycles. The number of hydrogen-bond donors (Lipinski definition) is 2. The first-order valence-corrected chi connectivity index (χ1v) is 7.97. The van der Waals surface area contributed by atoms with Crippen LogP contribution in [0.1, 0.15) is 34.8 Å². The maximum atomic E-state index is 13.2. The zero-order valence-corrected chi connectivity index (χ0v) is 13.4. The maximum Gasteiger partial charge on any atom is 0.325 e. The summed E-state index contributed by atoms with van der Waals surface area (Å²) >= 11 is 0. The summed E-state index contributed by atoms with van der Waals surface area (Å²) in [5.74, 6) is -2.54. The lowest BCUT2D eigenvalue weighted by molar-refractivity contribution is -0.137. The second-order valence-corrected chi connectivity index (χ2v) is 6.09. The summed E-state index contributed by atoms with van der Waals surface area (Å²) in [5.41, 5.74) is 0.983. The number of aromatic hydroxyl groups is 1. The molecule has 0 aliphatic carbocycles. The molecule has 0 radical (unpaired) electrons. The van der Waals surface area contributed by atoms with Crippen LogP contribution in [0.4, 0.5) is 4.39 Å². The van der Waals surface area contributed by atoms with Crippen LogP contribution in [-0.4, -0.2) is 49.9 Å². The Morgan fingerprint density at radius 2 is 2.12 bits per heavy atom. The van der Waals surface area contributed by atoms with Gasteiger partial charge in [0.25, 0.3) is 5.91 Å². The Balaban J connectivity index is 1.72. The molecule has 1 aliphatic heterocycles. The van der Waals surface area contributed by atoms with Crippen molar-refractivity contribution < 1.29 is 24.2 Å². The van der Waals surface area contributed by atoms with Crippen LogP contribution in [0, 0.1) is 5.82 Å². The molecule has 2 heterocycles. The number of aliphatic carboxylic acids is 1. The van der Waals surface area contributed by atoms with Gasteiger partial charge >= 0.3 is 5.97 Å². The minimum atomic E-state index is -0.966. The molecule has 2 aromatic rings. The van der Waals surface area contributed by atoms with Gasteiger partial charge in [-0.2, -0.15) is 5.10 Å². The molecule has 1 amide bonds. The Bertz CT molecular complexity index is 805. The number of phenolic OH excluding ortho intramolecular Hbond substituents is 1. The average Bonchev–Trinajstić information content (AvgIpc) is 3.04. The highest BCUT2D eigenvalue weighted by Gasteiger charge is 2.27. The van der Waals surface area contributed by atoms with E-state index >= 15 is 0 Å². The van der Waals surface area contributed by atoms with Gasteiger partial charge in [-0.05, 0) is 37.1 Å². The summed E-state index contributed by atoms with van der Waals surface area (Å²) in [5, 5.41) is 22.5. The standard InChI is InChI=1S/C17H18FN3O4/c18-13-4-3-11(8-15(13)22)17(25)20-6-1-2-12(9-20)14-5-7-21(19-14)10-16(23)24/h3-5,7-8,12,22H,1-2,6,9-10H2,(H,23,24). The molecule has 25 heavy (non-hydrogen) atoms. The lowest BCUT2D eigenvalue weighted by atomic mass is 9.94. The first kappa shape index (κ1) is 16.9. The normalized spacial score (nSPS) is 17.5. The smallest absolute Gasteiger partial charge is 0.325 e. The van der Waals surface area contributed by atoms with Gasteiger partial charge in [0.05, 0.1) is 5.69 Å². The highest BCUT2D eigenvalue weighted by atomic mass is 19.1. The lowest BCUT2D eigenvalue weighted by Crippen LogP contribution is -2.39. The molecule has 3 rings (SSSR count). The second-order valence-electron chi connectivity index (χ2n) is 6.09. The summed E-state index contributed by atoms with van der Waals surface area (Å²) in [6.07, 6.45) is 3.25. The summed E-state index contributed by atoms with van der Waals surface area (Å²) in [6.45, 7) is 0.814. The molecule has 1 atom stereocenters. The molecule has 1 unspecified atom stereocenters. The molecule has 1 aromatic carbocycles. The number of amides is 1. The quantitative estimate of drug-likeness (QED) is 0.880. The van der Waals surface area contributed by atoms with Crippen molar-refractivity contribution >= 4 is 11.9 Å². The number of carbonyl (C=O) groups is 2. The van der Waals surface area contributed by atoms with Crippen LogP contribution in [-0.2, 0) is 11.3 Å². The molecule has 2 N–H and O–H groups in total. The predicted octanol–water partition coefficient (Wildman–Crippen LogP) is 1.83. The molecule has 0 bridgehead atoms. The highest BCUT2D eigenvalue weighted by molar-refractivity contribution is 5.94. The van der Waals surface area contributed by atoms with Crippen molar-refractivity contribution in [2.75, 3.05) is 13.1 Å². The Morgan fingerprint density at radius 3 is 2.84 bits per heavy atom. The van der Waals surface area contributed by atoms with Crippen LogP contribution < -0.4 is 0 Å². The van der Waals surface area contributed by atoms with Gasteiger partial charge in [0.15, 0.2) is 11.6 Å². The van der Waals surface area contributed by atoms with Crippen molar-refractivity contribution in [1.29, 1.82) is 0 Å². The van der Waals surface area contributed by atoms with E-state index in [1.54, 1.807) is 17.2 Å². The number of hydrogen-bond acceptors (Lipinski definition) is 4. The van der Waals surface area contributed by atoms with Gasteiger partial charge in [-0.25, -0.2) is 4.39 Å². The van der Waals surface area contributed by atoms with Crippen LogP contribution in [0.5, 0.6) is 5.75 Å². The van der Waals surface area contributed by atoms with Gasteiger partial charge in [0.1, 0.15) is 6.54 Å². The molecule has 0 saturated carbocycles. The van der Waals surface area contributed by atoms with E-state index in [9.17, 15) is 19.1 Å². The van der Waals surface area contributed by atoms with E-state index in [4.69, 9.17) is 5.11 Å². The zero-order chi connectivity index (χ0) is 18.0. The second kappa shape index (κ2) is 6.92. The number of benzene rings is 1. The number of likely N-dealkylation sites (tertiary alicyclic amines) is 1. The van der Waals surface area contributed by atoms with Crippen molar-refractivity contribution in [1.82, 2.24) is 14.7 Å². The fourth-order valence-electron chi connectivity index (χ4n) is 3.05. The highest BCUT2D eigenvalue weighted by Crippen LogP contribution is 2.27. The van der Waals surface area contributed by atoms with E-state index in [0.717, 1.165) is 30.7 Å². The van der Waals surface area contributed by atoms with Crippen LogP contribution in [0.3, 0.4) is 0 Å². The van der Waals surface area contributed by atoms with E-state index < -0.39 is 17.5 Å². The Morgan fingerprint density at radius 1 is 1.32 bits per heavy atom. The van der Waals surface area contributed by atoms with Crippen molar-refractivity contribution in [3.8, 4) is 5.75 Å². The molecule has 132 valence electrons. The van der Waals surface area contributed by atoms with Gasteiger partial charge in [-0.3, -0.25) is 14.3 Å². The number of rotatable bonds is 4. The van der Waals surface area contributed by atoms with E-state index in [0.29, 0.717) is 13.1 Å². The maximum absolute atomic E-state index is 13.2.